The van der Waals surface area contributed by atoms with Crippen molar-refractivity contribution in [1.29, 1.82) is 0 Å². The molecule has 0 bridgehead atoms. The standard InChI is InChI=1S/C10H9NO.H2O/c12-7-9-6-5-8-3-1-2-4-10(8)11-9;/h1-4,11H,5-6H2;1H2. The summed E-state index contributed by atoms with van der Waals surface area (Å²) in [6, 6.07) is 8.02. The third-order valence-electron chi connectivity index (χ3n) is 2.07. The van der Waals surface area contributed by atoms with Gasteiger partial charge in [0.1, 0.15) is 11.6 Å². The van der Waals surface area contributed by atoms with Gasteiger partial charge in [-0.15, -0.1) is 0 Å². The Kier molecular flexibility index (Phi) is 2.85. The first-order chi connectivity index (χ1) is 5.90. The van der Waals surface area contributed by atoms with Crippen LogP contribution >= 0.6 is 0 Å². The predicted molar refractivity (Wildman–Crippen MR) is 51.2 cm³/mol. The van der Waals surface area contributed by atoms with Gasteiger partial charge in [-0.2, -0.15) is 0 Å². The minimum absolute atomic E-state index is 0. The lowest BCUT2D eigenvalue weighted by atomic mass is 10.0. The molecule has 0 spiro atoms. The van der Waals surface area contributed by atoms with Gasteiger partial charge in [-0.1, -0.05) is 18.2 Å². The zero-order valence-electron chi connectivity index (χ0n) is 7.13. The zero-order valence-corrected chi connectivity index (χ0v) is 7.13. The van der Waals surface area contributed by atoms with Crippen LogP contribution in [0.2, 0.25) is 0 Å². The number of hydrogen-bond acceptors (Lipinski definition) is 2. The summed E-state index contributed by atoms with van der Waals surface area (Å²) in [5.74, 6) is 1.90. The summed E-state index contributed by atoms with van der Waals surface area (Å²) < 4.78 is 0. The summed E-state index contributed by atoms with van der Waals surface area (Å²) in [6.07, 6.45) is 1.72. The Morgan fingerprint density at radius 2 is 2.00 bits per heavy atom. The minimum Gasteiger partial charge on any atom is -0.412 e. The highest BCUT2D eigenvalue weighted by Crippen LogP contribution is 2.24. The molecular formula is C10H11NO2. The Balaban J connectivity index is 0.000000845. The molecule has 68 valence electrons. The first-order valence-corrected chi connectivity index (χ1v) is 3.99. The van der Waals surface area contributed by atoms with Crippen LogP contribution in [-0.4, -0.2) is 11.4 Å². The third kappa shape index (κ3) is 1.78. The van der Waals surface area contributed by atoms with Crippen LogP contribution in [0.1, 0.15) is 12.0 Å². The molecule has 1 aliphatic heterocycles. The molecule has 2 rings (SSSR count). The summed E-state index contributed by atoms with van der Waals surface area (Å²) in [4.78, 5) is 10.3. The van der Waals surface area contributed by atoms with Gasteiger partial charge in [0.15, 0.2) is 0 Å². The molecule has 3 heteroatoms. The Bertz CT molecular complexity index is 354. The molecule has 0 fully saturated rings. The molecule has 0 amide bonds. The van der Waals surface area contributed by atoms with E-state index in [0.717, 1.165) is 18.5 Å². The van der Waals surface area contributed by atoms with Crippen LogP contribution < -0.4 is 5.32 Å². The topological polar surface area (TPSA) is 60.6 Å². The lowest BCUT2D eigenvalue weighted by molar-refractivity contribution is 0.566. The van der Waals surface area contributed by atoms with Gasteiger partial charge in [-0.05, 0) is 18.1 Å². The lowest BCUT2D eigenvalue weighted by Crippen LogP contribution is -2.09. The van der Waals surface area contributed by atoms with E-state index in [9.17, 15) is 4.79 Å². The number of aryl methyl sites for hydroxylation is 1. The van der Waals surface area contributed by atoms with Crippen molar-refractivity contribution in [3.8, 4) is 0 Å². The Morgan fingerprint density at radius 3 is 2.77 bits per heavy atom. The Labute approximate surface area is 76.4 Å². The van der Waals surface area contributed by atoms with E-state index < -0.39 is 0 Å². The average molecular weight is 177 g/mol. The van der Waals surface area contributed by atoms with Gasteiger partial charge in [-0.25, -0.2) is 4.79 Å². The maximum Gasteiger partial charge on any atom is 0.145 e. The summed E-state index contributed by atoms with van der Waals surface area (Å²) in [6.45, 7) is 0. The van der Waals surface area contributed by atoms with Crippen molar-refractivity contribution in [3.05, 3.63) is 35.5 Å². The van der Waals surface area contributed by atoms with Gasteiger partial charge in [0.2, 0.25) is 0 Å². The lowest BCUT2D eigenvalue weighted by Gasteiger charge is -2.17. The van der Waals surface area contributed by atoms with Crippen molar-refractivity contribution < 1.29 is 10.3 Å². The van der Waals surface area contributed by atoms with Crippen LogP contribution in [0.5, 0.6) is 0 Å². The number of carbonyl (C=O) groups excluding carboxylic acids is 1. The van der Waals surface area contributed by atoms with Crippen molar-refractivity contribution in [2.45, 2.75) is 12.8 Å². The second-order valence-corrected chi connectivity index (χ2v) is 2.86. The van der Waals surface area contributed by atoms with Gasteiger partial charge in [0, 0.05) is 12.1 Å². The van der Waals surface area contributed by atoms with E-state index >= 15 is 0 Å². The summed E-state index contributed by atoms with van der Waals surface area (Å²) in [5, 5.41) is 3.04. The smallest absolute Gasteiger partial charge is 0.145 e. The number of nitrogens with one attached hydrogen (secondary N) is 1. The average Bonchev–Trinajstić information content (AvgIpc) is 2.17. The fourth-order valence-corrected chi connectivity index (χ4v) is 1.42. The maximum absolute atomic E-state index is 10.3. The molecular weight excluding hydrogens is 166 g/mol. The SMILES string of the molecule is O.O=C=C1CCc2ccccc2N1. The van der Waals surface area contributed by atoms with Crippen LogP contribution in [-0.2, 0) is 11.2 Å². The second kappa shape index (κ2) is 3.90. The molecule has 13 heavy (non-hydrogen) atoms. The fraction of sp³-hybridized carbons (Fsp3) is 0.200. The molecule has 0 saturated heterocycles. The number of hydrogen-bond donors (Lipinski definition) is 1. The highest BCUT2D eigenvalue weighted by Gasteiger charge is 2.10. The molecule has 0 atom stereocenters. The molecule has 0 unspecified atom stereocenters. The van der Waals surface area contributed by atoms with Crippen LogP contribution in [0.15, 0.2) is 30.0 Å². The number of allylic oxidation sites excluding steroid dienone is 1. The molecule has 1 aliphatic rings. The fourth-order valence-electron chi connectivity index (χ4n) is 1.42. The number of para-hydroxylation sites is 1. The van der Waals surface area contributed by atoms with Gasteiger partial charge in [-0.3, -0.25) is 0 Å². The quantitative estimate of drug-likeness (QED) is 0.599. The largest absolute Gasteiger partial charge is 0.412 e. The minimum atomic E-state index is 0. The van der Waals surface area contributed by atoms with Crippen LogP contribution in [0.25, 0.3) is 0 Å². The molecule has 3 nitrogen and oxygen atoms in total. The van der Waals surface area contributed by atoms with E-state index in [1.165, 1.54) is 5.56 Å². The first-order valence-electron chi connectivity index (χ1n) is 3.99. The van der Waals surface area contributed by atoms with E-state index in [2.05, 4.69) is 11.4 Å². The second-order valence-electron chi connectivity index (χ2n) is 2.86. The first kappa shape index (κ1) is 9.52. The predicted octanol–water partition coefficient (Wildman–Crippen LogP) is 0.935. The number of benzene rings is 1. The van der Waals surface area contributed by atoms with Crippen LogP contribution in [0.3, 0.4) is 0 Å². The number of anilines is 1. The Hall–Kier alpha value is -1.57. The highest BCUT2D eigenvalue weighted by atomic mass is 16.1. The van der Waals surface area contributed by atoms with E-state index in [-0.39, 0.29) is 5.48 Å². The normalized spacial score (nSPS) is 13.4. The molecule has 0 aliphatic carbocycles. The number of fused-ring (bicyclic) bond motifs is 1. The monoisotopic (exact) mass is 177 g/mol. The van der Waals surface area contributed by atoms with Gasteiger partial charge >= 0.3 is 0 Å². The highest BCUT2D eigenvalue weighted by molar-refractivity contribution is 5.66. The van der Waals surface area contributed by atoms with E-state index in [0.29, 0.717) is 5.70 Å². The molecule has 1 aromatic rings. The van der Waals surface area contributed by atoms with Crippen LogP contribution in [0.4, 0.5) is 5.69 Å². The molecule has 0 saturated carbocycles. The molecule has 0 aromatic heterocycles. The Morgan fingerprint density at radius 1 is 1.23 bits per heavy atom. The van der Waals surface area contributed by atoms with Crippen molar-refractivity contribution in [1.82, 2.24) is 0 Å². The van der Waals surface area contributed by atoms with Crippen molar-refractivity contribution in [2.75, 3.05) is 5.32 Å². The van der Waals surface area contributed by atoms with Gasteiger partial charge in [0.25, 0.3) is 0 Å². The van der Waals surface area contributed by atoms with Crippen molar-refractivity contribution in [3.63, 3.8) is 0 Å². The molecule has 0 radical (unpaired) electrons. The van der Waals surface area contributed by atoms with Gasteiger partial charge < -0.3 is 10.8 Å². The summed E-state index contributed by atoms with van der Waals surface area (Å²) in [5.41, 5.74) is 2.98. The summed E-state index contributed by atoms with van der Waals surface area (Å²) >= 11 is 0. The number of rotatable bonds is 0. The maximum atomic E-state index is 10.3. The van der Waals surface area contributed by atoms with Crippen molar-refractivity contribution in [2.24, 2.45) is 0 Å². The van der Waals surface area contributed by atoms with E-state index in [1.807, 2.05) is 24.1 Å². The zero-order chi connectivity index (χ0) is 8.39. The molecule has 3 N–H and O–H groups in total. The molecule has 1 heterocycles. The third-order valence-corrected chi connectivity index (χ3v) is 2.07. The van der Waals surface area contributed by atoms with E-state index in [1.54, 1.807) is 0 Å². The van der Waals surface area contributed by atoms with Crippen molar-refractivity contribution >= 4 is 11.6 Å². The van der Waals surface area contributed by atoms with Crippen LogP contribution in [0, 0.1) is 0 Å². The van der Waals surface area contributed by atoms with Gasteiger partial charge in [0.05, 0.1) is 0 Å². The molecule has 1 aromatic carbocycles. The summed E-state index contributed by atoms with van der Waals surface area (Å²) in [7, 11) is 0. The van der Waals surface area contributed by atoms with E-state index in [4.69, 9.17) is 0 Å².